The first-order valence-electron chi connectivity index (χ1n) is 7.38. The number of nitrogens with two attached hydrogens (primary N) is 2. The van der Waals surface area contributed by atoms with Crippen LogP contribution in [0.15, 0.2) is 59.7 Å². The number of carbonyl (C=O) groups excluding carboxylic acids is 1. The first kappa shape index (κ1) is 19.2. The summed E-state index contributed by atoms with van der Waals surface area (Å²) in [7, 11) is -3.67. The van der Waals surface area contributed by atoms with Crippen LogP contribution in [0.2, 0.25) is 0 Å². The number of benzene rings is 2. The van der Waals surface area contributed by atoms with Gasteiger partial charge in [0.1, 0.15) is 0 Å². The molecule has 26 heavy (non-hydrogen) atoms. The van der Waals surface area contributed by atoms with Gasteiger partial charge in [-0.15, -0.1) is 0 Å². The van der Waals surface area contributed by atoms with E-state index in [0.29, 0.717) is 11.8 Å². The van der Waals surface area contributed by atoms with Gasteiger partial charge in [-0.25, -0.2) is 0 Å². The summed E-state index contributed by atoms with van der Waals surface area (Å²) in [6.45, 7) is 0. The van der Waals surface area contributed by atoms with Crippen molar-refractivity contribution >= 4 is 32.9 Å². The number of H-pyrrole nitrogens is 1. The Balaban J connectivity index is 0.000000431. The number of aromatic nitrogens is 1. The second-order valence-electron chi connectivity index (χ2n) is 5.40. The maximum absolute atomic E-state index is 11.9. The Hall–Kier alpha value is -3.17. The Bertz CT molecular complexity index is 1060. The van der Waals surface area contributed by atoms with Crippen LogP contribution in [-0.2, 0) is 10.1 Å². The normalized spacial score (nSPS) is 10.7. The molecule has 0 atom stereocenters. The van der Waals surface area contributed by atoms with Gasteiger partial charge >= 0.3 is 0 Å². The molecule has 0 aliphatic rings. The van der Waals surface area contributed by atoms with Gasteiger partial charge in [0.2, 0.25) is 0 Å². The van der Waals surface area contributed by atoms with E-state index >= 15 is 0 Å². The van der Waals surface area contributed by atoms with Gasteiger partial charge in [-0.2, -0.15) is 13.4 Å². The SMILES string of the molecule is CS(=O)(=O)O.NC(N)=NC(=O)c1cccc(-c2cccc3[nH]ccc23)c1. The number of fused-ring (bicyclic) bond motifs is 1. The topological polar surface area (TPSA) is 152 Å². The predicted octanol–water partition coefficient (Wildman–Crippen LogP) is 1.75. The minimum Gasteiger partial charge on any atom is -0.370 e. The average Bonchev–Trinajstić information content (AvgIpc) is 3.01. The lowest BCUT2D eigenvalue weighted by Gasteiger charge is -2.05. The molecule has 8 nitrogen and oxygen atoms in total. The number of aliphatic imine (C=N–C) groups is 1. The molecule has 0 unspecified atom stereocenters. The van der Waals surface area contributed by atoms with Crippen molar-refractivity contribution in [3.63, 3.8) is 0 Å². The molecule has 1 heterocycles. The fraction of sp³-hybridized carbons (Fsp3) is 0.0588. The Labute approximate surface area is 150 Å². The van der Waals surface area contributed by atoms with E-state index in [2.05, 4.69) is 9.98 Å². The van der Waals surface area contributed by atoms with Crippen LogP contribution in [0, 0.1) is 0 Å². The molecular weight excluding hydrogens is 356 g/mol. The van der Waals surface area contributed by atoms with E-state index in [4.69, 9.17) is 16.0 Å². The molecule has 9 heteroatoms. The smallest absolute Gasteiger partial charge is 0.280 e. The van der Waals surface area contributed by atoms with Crippen LogP contribution in [0.5, 0.6) is 0 Å². The molecule has 0 bridgehead atoms. The maximum Gasteiger partial charge on any atom is 0.280 e. The Morgan fingerprint density at radius 2 is 1.77 bits per heavy atom. The number of amides is 1. The third-order valence-electron chi connectivity index (χ3n) is 3.25. The van der Waals surface area contributed by atoms with E-state index in [1.165, 1.54) is 0 Å². The van der Waals surface area contributed by atoms with Gasteiger partial charge in [0.05, 0.1) is 6.26 Å². The number of guanidine groups is 1. The monoisotopic (exact) mass is 374 g/mol. The Morgan fingerprint density at radius 3 is 2.42 bits per heavy atom. The minimum absolute atomic E-state index is 0.238. The van der Waals surface area contributed by atoms with E-state index in [1.807, 2.05) is 42.6 Å². The zero-order chi connectivity index (χ0) is 19.3. The fourth-order valence-corrected chi connectivity index (χ4v) is 2.34. The number of nitrogens with one attached hydrogen (secondary N) is 1. The number of hydrogen-bond acceptors (Lipinski definition) is 3. The van der Waals surface area contributed by atoms with Crippen LogP contribution in [0.4, 0.5) is 0 Å². The Kier molecular flexibility index (Phi) is 5.75. The second kappa shape index (κ2) is 7.81. The van der Waals surface area contributed by atoms with Crippen molar-refractivity contribution in [2.24, 2.45) is 16.5 Å². The minimum atomic E-state index is -3.67. The van der Waals surface area contributed by atoms with Crippen LogP contribution in [-0.4, -0.2) is 36.1 Å². The predicted molar refractivity (Wildman–Crippen MR) is 101 cm³/mol. The zero-order valence-electron chi connectivity index (χ0n) is 13.9. The lowest BCUT2D eigenvalue weighted by molar-refractivity contribution is 0.100. The van der Waals surface area contributed by atoms with Crippen LogP contribution >= 0.6 is 0 Å². The highest BCUT2D eigenvalue weighted by Gasteiger charge is 2.08. The molecular formula is C17H18N4O4S. The lowest BCUT2D eigenvalue weighted by atomic mass is 10.00. The third kappa shape index (κ3) is 5.43. The fourth-order valence-electron chi connectivity index (χ4n) is 2.34. The summed E-state index contributed by atoms with van der Waals surface area (Å²) >= 11 is 0. The lowest BCUT2D eigenvalue weighted by Crippen LogP contribution is -2.24. The van der Waals surface area contributed by atoms with Gasteiger partial charge in [0.15, 0.2) is 5.96 Å². The van der Waals surface area contributed by atoms with Crippen molar-refractivity contribution in [2.45, 2.75) is 0 Å². The zero-order valence-corrected chi connectivity index (χ0v) is 14.7. The maximum atomic E-state index is 11.9. The summed E-state index contributed by atoms with van der Waals surface area (Å²) in [5, 5.41) is 1.10. The molecule has 0 saturated carbocycles. The molecule has 1 aromatic heterocycles. The van der Waals surface area contributed by atoms with Crippen molar-refractivity contribution < 1.29 is 17.8 Å². The number of rotatable bonds is 2. The largest absolute Gasteiger partial charge is 0.370 e. The van der Waals surface area contributed by atoms with Crippen molar-refractivity contribution in [1.82, 2.24) is 4.98 Å². The summed E-state index contributed by atoms with van der Waals surface area (Å²) in [5.41, 5.74) is 14.0. The van der Waals surface area contributed by atoms with Gasteiger partial charge in [0.25, 0.3) is 16.0 Å². The first-order valence-corrected chi connectivity index (χ1v) is 9.23. The molecule has 0 fully saturated rings. The molecule has 0 aliphatic heterocycles. The third-order valence-corrected chi connectivity index (χ3v) is 3.25. The van der Waals surface area contributed by atoms with E-state index in [9.17, 15) is 13.2 Å². The molecule has 0 aliphatic carbocycles. The van der Waals surface area contributed by atoms with Gasteiger partial charge in [-0.3, -0.25) is 9.35 Å². The van der Waals surface area contributed by atoms with Crippen molar-refractivity contribution in [3.05, 3.63) is 60.3 Å². The quantitative estimate of drug-likeness (QED) is 0.305. The van der Waals surface area contributed by atoms with Gasteiger partial charge in [0, 0.05) is 22.7 Å². The standard InChI is InChI=1S/C16H14N4O.CH4O3S/c17-16(18)20-15(21)11-4-1-3-10(9-11)12-5-2-6-14-13(12)7-8-19-14;1-5(2,3)4/h1-9,19H,(H4,17,18,20,21);1H3,(H,2,3,4). The molecule has 136 valence electrons. The highest BCUT2D eigenvalue weighted by atomic mass is 32.2. The molecule has 3 rings (SSSR count). The van der Waals surface area contributed by atoms with Crippen molar-refractivity contribution in [3.8, 4) is 11.1 Å². The molecule has 0 saturated heterocycles. The number of aromatic amines is 1. The van der Waals surface area contributed by atoms with E-state index in [-0.39, 0.29) is 5.96 Å². The van der Waals surface area contributed by atoms with Crippen LogP contribution < -0.4 is 11.5 Å². The van der Waals surface area contributed by atoms with Crippen molar-refractivity contribution in [2.75, 3.05) is 6.26 Å². The van der Waals surface area contributed by atoms with Gasteiger partial charge < -0.3 is 16.5 Å². The van der Waals surface area contributed by atoms with Gasteiger partial charge in [-0.05, 0) is 35.4 Å². The van der Waals surface area contributed by atoms with Crippen molar-refractivity contribution in [1.29, 1.82) is 0 Å². The average molecular weight is 374 g/mol. The molecule has 2 aromatic carbocycles. The number of hydrogen-bond donors (Lipinski definition) is 4. The van der Waals surface area contributed by atoms with E-state index in [1.54, 1.807) is 12.1 Å². The second-order valence-corrected chi connectivity index (χ2v) is 6.87. The summed E-state index contributed by atoms with van der Waals surface area (Å²) < 4.78 is 25.9. The molecule has 6 N–H and O–H groups in total. The van der Waals surface area contributed by atoms with E-state index < -0.39 is 16.0 Å². The number of nitrogens with zero attached hydrogens (tertiary/aromatic N) is 1. The van der Waals surface area contributed by atoms with E-state index in [0.717, 1.165) is 22.0 Å². The Morgan fingerprint density at radius 1 is 1.12 bits per heavy atom. The summed E-state index contributed by atoms with van der Waals surface area (Å²) in [4.78, 5) is 18.6. The van der Waals surface area contributed by atoms with Gasteiger partial charge in [-0.1, -0.05) is 24.3 Å². The molecule has 1 amide bonds. The first-order chi connectivity index (χ1) is 12.1. The summed E-state index contributed by atoms with van der Waals surface area (Å²) in [5.74, 6) is -0.684. The van der Waals surface area contributed by atoms with Crippen LogP contribution in [0.3, 0.4) is 0 Å². The number of carbonyl (C=O) groups is 1. The molecule has 0 radical (unpaired) electrons. The van der Waals surface area contributed by atoms with Crippen LogP contribution in [0.1, 0.15) is 10.4 Å². The molecule has 3 aromatic rings. The summed E-state index contributed by atoms with van der Waals surface area (Å²) in [6.07, 6.45) is 2.61. The summed E-state index contributed by atoms with van der Waals surface area (Å²) in [6, 6.07) is 15.2. The van der Waals surface area contributed by atoms with Crippen LogP contribution in [0.25, 0.3) is 22.0 Å². The highest BCUT2D eigenvalue weighted by molar-refractivity contribution is 7.85. The highest BCUT2D eigenvalue weighted by Crippen LogP contribution is 2.28. The molecule has 0 spiro atoms.